The van der Waals surface area contributed by atoms with Crippen LogP contribution in [0.15, 0.2) is 42.5 Å². The number of fused-ring (bicyclic) bond motifs is 1. The lowest BCUT2D eigenvalue weighted by atomic mass is 10.00. The number of aromatic amines is 1. The van der Waals surface area contributed by atoms with E-state index in [1.165, 1.54) is 18.2 Å². The van der Waals surface area contributed by atoms with E-state index >= 15 is 0 Å². The number of hydrogen-bond acceptors (Lipinski definition) is 1. The molecule has 0 bridgehead atoms. The number of aromatic nitrogens is 1. The third kappa shape index (κ3) is 2.74. The van der Waals surface area contributed by atoms with Crippen molar-refractivity contribution in [2.45, 2.75) is 19.3 Å². The van der Waals surface area contributed by atoms with Gasteiger partial charge in [0.05, 0.1) is 5.69 Å². The fraction of sp³-hybridized carbons (Fsp3) is 0.222. The van der Waals surface area contributed by atoms with Gasteiger partial charge in [-0.2, -0.15) is 0 Å². The zero-order chi connectivity index (χ0) is 15.5. The van der Waals surface area contributed by atoms with Gasteiger partial charge in [0.25, 0.3) is 0 Å². The molecule has 3 N–H and O–H groups in total. The van der Waals surface area contributed by atoms with E-state index in [0.717, 1.165) is 41.4 Å². The number of aryl methyl sites for hydroxylation is 1. The molecule has 0 fully saturated rings. The van der Waals surface area contributed by atoms with Gasteiger partial charge in [0.1, 0.15) is 11.6 Å². The number of halogens is 2. The summed E-state index contributed by atoms with van der Waals surface area (Å²) in [6.45, 7) is 0.617. The summed E-state index contributed by atoms with van der Waals surface area (Å²) >= 11 is 0. The molecule has 0 aliphatic carbocycles. The first kappa shape index (κ1) is 14.7. The van der Waals surface area contributed by atoms with Crippen molar-refractivity contribution in [1.82, 2.24) is 4.98 Å². The number of unbranched alkanes of at least 4 members (excludes halogenated alkanes) is 1. The molecule has 22 heavy (non-hydrogen) atoms. The molecule has 1 aromatic heterocycles. The van der Waals surface area contributed by atoms with Gasteiger partial charge in [0, 0.05) is 16.5 Å². The van der Waals surface area contributed by atoms with Crippen molar-refractivity contribution >= 4 is 10.9 Å². The molecule has 0 atom stereocenters. The Kier molecular flexibility index (Phi) is 4.20. The first-order valence-electron chi connectivity index (χ1n) is 7.46. The molecule has 0 saturated carbocycles. The molecule has 4 heteroatoms. The van der Waals surface area contributed by atoms with Crippen molar-refractivity contribution in [3.63, 3.8) is 0 Å². The number of nitrogens with one attached hydrogen (secondary N) is 1. The molecular weight excluding hydrogens is 282 g/mol. The van der Waals surface area contributed by atoms with Crippen LogP contribution in [0.3, 0.4) is 0 Å². The van der Waals surface area contributed by atoms with Crippen LogP contribution < -0.4 is 5.73 Å². The average Bonchev–Trinajstić information content (AvgIpc) is 2.86. The lowest BCUT2D eigenvalue weighted by Gasteiger charge is -2.06. The maximum Gasteiger partial charge on any atom is 0.132 e. The third-order valence-electron chi connectivity index (χ3n) is 3.89. The Labute approximate surface area is 128 Å². The largest absolute Gasteiger partial charge is 0.354 e. The topological polar surface area (TPSA) is 41.8 Å². The van der Waals surface area contributed by atoms with Crippen LogP contribution in [-0.2, 0) is 6.42 Å². The van der Waals surface area contributed by atoms with Crippen LogP contribution in [0.1, 0.15) is 18.4 Å². The van der Waals surface area contributed by atoms with E-state index in [0.29, 0.717) is 12.1 Å². The zero-order valence-electron chi connectivity index (χ0n) is 12.2. The third-order valence-corrected chi connectivity index (χ3v) is 3.89. The van der Waals surface area contributed by atoms with Crippen molar-refractivity contribution in [2.75, 3.05) is 6.54 Å². The Bertz CT molecular complexity index is 793. The molecule has 2 aromatic carbocycles. The van der Waals surface area contributed by atoms with Crippen LogP contribution >= 0.6 is 0 Å². The minimum absolute atomic E-state index is 0.283. The molecule has 0 amide bonds. The number of H-pyrrole nitrogens is 1. The molecule has 0 aliphatic rings. The van der Waals surface area contributed by atoms with E-state index in [2.05, 4.69) is 4.98 Å². The van der Waals surface area contributed by atoms with Crippen LogP contribution in [0, 0.1) is 11.6 Å². The maximum absolute atomic E-state index is 14.1. The molecule has 3 rings (SSSR count). The van der Waals surface area contributed by atoms with Gasteiger partial charge >= 0.3 is 0 Å². The van der Waals surface area contributed by atoms with Crippen molar-refractivity contribution in [3.05, 3.63) is 59.7 Å². The molecule has 0 unspecified atom stereocenters. The fourth-order valence-electron chi connectivity index (χ4n) is 2.82. The number of rotatable bonds is 5. The molecule has 0 saturated heterocycles. The van der Waals surface area contributed by atoms with Crippen LogP contribution in [0.4, 0.5) is 8.78 Å². The molecule has 114 valence electrons. The summed E-state index contributed by atoms with van der Waals surface area (Å²) in [4.78, 5) is 3.24. The van der Waals surface area contributed by atoms with E-state index in [1.807, 2.05) is 0 Å². The standard InChI is InChI=1S/C18H18F2N2/c19-12-8-9-17-15(11-12)13(5-3-4-10-21)18(22-17)14-6-1-2-7-16(14)20/h1-2,6-9,11,22H,3-5,10,21H2. The second-order valence-electron chi connectivity index (χ2n) is 5.39. The maximum atomic E-state index is 14.1. The highest BCUT2D eigenvalue weighted by Crippen LogP contribution is 2.33. The van der Waals surface area contributed by atoms with Gasteiger partial charge in [0.2, 0.25) is 0 Å². The summed E-state index contributed by atoms with van der Waals surface area (Å²) < 4.78 is 27.7. The summed E-state index contributed by atoms with van der Waals surface area (Å²) in [6.07, 6.45) is 2.52. The van der Waals surface area contributed by atoms with Crippen molar-refractivity contribution in [2.24, 2.45) is 5.73 Å². The highest BCUT2D eigenvalue weighted by Gasteiger charge is 2.16. The smallest absolute Gasteiger partial charge is 0.132 e. The second-order valence-corrected chi connectivity index (χ2v) is 5.39. The normalized spacial score (nSPS) is 11.2. The van der Waals surface area contributed by atoms with Crippen LogP contribution in [0.2, 0.25) is 0 Å². The Morgan fingerprint density at radius 2 is 1.82 bits per heavy atom. The summed E-state index contributed by atoms with van der Waals surface area (Å²) in [5.41, 5.74) is 8.57. The molecule has 0 aliphatic heterocycles. The van der Waals surface area contributed by atoms with E-state index in [-0.39, 0.29) is 11.6 Å². The van der Waals surface area contributed by atoms with Gasteiger partial charge in [-0.25, -0.2) is 8.78 Å². The summed E-state index contributed by atoms with van der Waals surface area (Å²) in [5.74, 6) is -0.568. The molecule has 3 aromatic rings. The predicted molar refractivity (Wildman–Crippen MR) is 85.6 cm³/mol. The SMILES string of the molecule is NCCCCc1c(-c2ccccc2F)[nH]c2ccc(F)cc12. The van der Waals surface area contributed by atoms with Crippen LogP contribution in [-0.4, -0.2) is 11.5 Å². The minimum atomic E-state index is -0.286. The molecule has 0 spiro atoms. The van der Waals surface area contributed by atoms with Crippen molar-refractivity contribution < 1.29 is 8.78 Å². The summed E-state index contributed by atoms with van der Waals surface area (Å²) in [6, 6.07) is 11.3. The van der Waals surface area contributed by atoms with E-state index in [1.54, 1.807) is 24.3 Å². The van der Waals surface area contributed by atoms with Gasteiger partial charge in [-0.3, -0.25) is 0 Å². The van der Waals surface area contributed by atoms with Gasteiger partial charge in [-0.15, -0.1) is 0 Å². The van der Waals surface area contributed by atoms with Gasteiger partial charge in [-0.1, -0.05) is 12.1 Å². The lowest BCUT2D eigenvalue weighted by molar-refractivity contribution is 0.629. The monoisotopic (exact) mass is 300 g/mol. The van der Waals surface area contributed by atoms with Gasteiger partial charge in [-0.05, 0) is 61.7 Å². The van der Waals surface area contributed by atoms with Gasteiger partial charge < -0.3 is 10.7 Å². The summed E-state index contributed by atoms with van der Waals surface area (Å²) in [5, 5.41) is 0.815. The summed E-state index contributed by atoms with van der Waals surface area (Å²) in [7, 11) is 0. The minimum Gasteiger partial charge on any atom is -0.354 e. The number of hydrogen-bond donors (Lipinski definition) is 2. The average molecular weight is 300 g/mol. The van der Waals surface area contributed by atoms with Crippen LogP contribution in [0.25, 0.3) is 22.2 Å². The fourth-order valence-corrected chi connectivity index (χ4v) is 2.82. The first-order chi connectivity index (χ1) is 10.7. The number of nitrogens with two attached hydrogens (primary N) is 1. The quantitative estimate of drug-likeness (QED) is 0.674. The van der Waals surface area contributed by atoms with Crippen molar-refractivity contribution in [1.29, 1.82) is 0 Å². The first-order valence-corrected chi connectivity index (χ1v) is 7.46. The lowest BCUT2D eigenvalue weighted by Crippen LogP contribution is -1.99. The molecule has 1 heterocycles. The zero-order valence-corrected chi connectivity index (χ0v) is 12.2. The van der Waals surface area contributed by atoms with E-state index in [4.69, 9.17) is 5.73 Å². The van der Waals surface area contributed by atoms with E-state index < -0.39 is 0 Å². The second kappa shape index (κ2) is 6.28. The number of benzene rings is 2. The predicted octanol–water partition coefficient (Wildman–Crippen LogP) is 4.39. The highest BCUT2D eigenvalue weighted by atomic mass is 19.1. The Morgan fingerprint density at radius 3 is 2.59 bits per heavy atom. The van der Waals surface area contributed by atoms with Crippen molar-refractivity contribution in [3.8, 4) is 11.3 Å². The highest BCUT2D eigenvalue weighted by molar-refractivity contribution is 5.91. The molecular formula is C18H18F2N2. The Morgan fingerprint density at radius 1 is 1.00 bits per heavy atom. The van der Waals surface area contributed by atoms with E-state index in [9.17, 15) is 8.78 Å². The molecule has 0 radical (unpaired) electrons. The molecule has 2 nitrogen and oxygen atoms in total. The Balaban J connectivity index is 2.15. The van der Waals surface area contributed by atoms with Gasteiger partial charge in [0.15, 0.2) is 0 Å². The van der Waals surface area contributed by atoms with Crippen LogP contribution in [0.5, 0.6) is 0 Å². The Hall–Kier alpha value is -2.20.